The lowest BCUT2D eigenvalue weighted by molar-refractivity contribution is -0.385. The summed E-state index contributed by atoms with van der Waals surface area (Å²) in [6.07, 6.45) is -0.472. The number of Topliss-reactive ketones (excluding diaryl/α,β-unsaturated/α-hetero) is 1. The Morgan fingerprint density at radius 2 is 1.40 bits per heavy atom. The van der Waals surface area contributed by atoms with Crippen LogP contribution in [-0.2, 0) is 14.4 Å². The van der Waals surface area contributed by atoms with Gasteiger partial charge in [-0.2, -0.15) is 0 Å². The lowest BCUT2D eigenvalue weighted by atomic mass is 9.61. The third-order valence-corrected chi connectivity index (χ3v) is 8.05. The zero-order chi connectivity index (χ0) is 29.4. The maximum atomic E-state index is 14.0. The second kappa shape index (κ2) is 11.0. The lowest BCUT2D eigenvalue weighted by Gasteiger charge is -2.44. The van der Waals surface area contributed by atoms with Crippen LogP contribution in [0.5, 0.6) is 0 Å². The van der Waals surface area contributed by atoms with E-state index >= 15 is 0 Å². The van der Waals surface area contributed by atoms with E-state index in [1.807, 2.05) is 39.8 Å². The molecule has 4 rings (SSSR count). The summed E-state index contributed by atoms with van der Waals surface area (Å²) in [4.78, 5) is 52.8. The number of para-hydroxylation sites is 1. The maximum absolute atomic E-state index is 14.0. The van der Waals surface area contributed by atoms with Crippen LogP contribution in [0.3, 0.4) is 0 Å². The number of carbonyl (C=O) groups is 3. The van der Waals surface area contributed by atoms with Gasteiger partial charge in [0.05, 0.1) is 16.4 Å². The van der Waals surface area contributed by atoms with Gasteiger partial charge in [0.25, 0.3) is 5.69 Å². The molecular weight excluding hydrogens is 510 g/mol. The van der Waals surface area contributed by atoms with Crippen molar-refractivity contribution in [3.05, 3.63) is 98.6 Å². The molecule has 9 nitrogen and oxygen atoms in total. The van der Waals surface area contributed by atoms with Crippen molar-refractivity contribution in [3.8, 4) is 0 Å². The molecule has 208 valence electrons. The van der Waals surface area contributed by atoms with E-state index in [2.05, 4.69) is 10.6 Å². The van der Waals surface area contributed by atoms with Crippen molar-refractivity contribution in [2.75, 3.05) is 10.6 Å². The number of nitro groups is 1. The molecule has 0 bridgehead atoms. The average Bonchev–Trinajstić information content (AvgIpc) is 2.88. The lowest BCUT2D eigenvalue weighted by Crippen LogP contribution is -2.56. The molecule has 0 spiro atoms. The maximum Gasteiger partial charge on any atom is 0.272 e. The number of hydrogen-bond donors (Lipinski definition) is 3. The number of aliphatic hydroxyl groups is 1. The number of ketones is 1. The first-order valence-electron chi connectivity index (χ1n) is 13.1. The van der Waals surface area contributed by atoms with Gasteiger partial charge in [-0.25, -0.2) is 0 Å². The Morgan fingerprint density at radius 3 is 1.95 bits per heavy atom. The number of rotatable bonds is 6. The molecule has 1 aliphatic rings. The predicted molar refractivity (Wildman–Crippen MR) is 152 cm³/mol. The normalized spacial score (nSPS) is 22.4. The summed E-state index contributed by atoms with van der Waals surface area (Å²) in [5.74, 6) is -6.07. The van der Waals surface area contributed by atoms with Gasteiger partial charge in [0.15, 0.2) is 0 Å². The van der Waals surface area contributed by atoms with Crippen LogP contribution in [0.1, 0.15) is 47.1 Å². The smallest absolute Gasteiger partial charge is 0.272 e. The first-order valence-corrected chi connectivity index (χ1v) is 13.1. The number of nitrogens with zero attached hydrogens (tertiary/aromatic N) is 1. The summed E-state index contributed by atoms with van der Waals surface area (Å²) < 4.78 is 0. The average molecular weight is 544 g/mol. The molecule has 0 aromatic heterocycles. The third-order valence-electron chi connectivity index (χ3n) is 8.05. The Kier molecular flexibility index (Phi) is 7.88. The van der Waals surface area contributed by atoms with Crippen molar-refractivity contribution in [2.24, 2.45) is 11.8 Å². The van der Waals surface area contributed by atoms with E-state index in [0.717, 1.165) is 22.3 Å². The van der Waals surface area contributed by atoms with E-state index in [-0.39, 0.29) is 11.3 Å². The molecule has 3 aromatic rings. The summed E-state index contributed by atoms with van der Waals surface area (Å²) in [6, 6.07) is 16.5. The summed E-state index contributed by atoms with van der Waals surface area (Å²) in [7, 11) is 0. The van der Waals surface area contributed by atoms with E-state index in [4.69, 9.17) is 0 Å². The number of benzene rings is 3. The van der Waals surface area contributed by atoms with E-state index < -0.39 is 52.3 Å². The number of hydrogen-bond acceptors (Lipinski definition) is 6. The summed E-state index contributed by atoms with van der Waals surface area (Å²) in [5, 5.41) is 29.3. The highest BCUT2D eigenvalue weighted by Crippen LogP contribution is 2.48. The molecule has 1 aliphatic carbocycles. The number of nitrogens with one attached hydrogen (secondary N) is 2. The van der Waals surface area contributed by atoms with Gasteiger partial charge in [0.1, 0.15) is 11.7 Å². The minimum Gasteiger partial charge on any atom is -0.389 e. The molecular formula is C31H33N3O6. The van der Waals surface area contributed by atoms with Crippen LogP contribution < -0.4 is 10.6 Å². The zero-order valence-corrected chi connectivity index (χ0v) is 23.1. The highest BCUT2D eigenvalue weighted by molar-refractivity contribution is 6.11. The molecule has 1 fully saturated rings. The highest BCUT2D eigenvalue weighted by atomic mass is 16.6. The largest absolute Gasteiger partial charge is 0.389 e. The van der Waals surface area contributed by atoms with Gasteiger partial charge in [-0.3, -0.25) is 24.5 Å². The molecule has 40 heavy (non-hydrogen) atoms. The van der Waals surface area contributed by atoms with Gasteiger partial charge in [-0.1, -0.05) is 42.5 Å². The number of nitro benzene ring substituents is 1. The quantitative estimate of drug-likeness (QED) is 0.223. The standard InChI is InChI=1S/C31H33N3O6/c1-17-10-8-13-22(19(17)3)32-29(36)27-25(35)16-31(5,38)28(26(27)21-12-6-7-15-24(21)34(39)40)30(37)33-23-14-9-11-18(2)20(23)4/h6-15,26-28,38H,16H2,1-5H3,(H,32,36)(H,33,37). The second-order valence-electron chi connectivity index (χ2n) is 10.8. The van der Waals surface area contributed by atoms with Gasteiger partial charge in [-0.05, 0) is 69.0 Å². The minimum absolute atomic E-state index is 0.0306. The minimum atomic E-state index is -1.89. The Labute approximate surface area is 232 Å². The van der Waals surface area contributed by atoms with Crippen LogP contribution in [0.15, 0.2) is 60.7 Å². The Morgan fingerprint density at radius 1 is 0.875 bits per heavy atom. The Balaban J connectivity index is 1.86. The van der Waals surface area contributed by atoms with Crippen molar-refractivity contribution in [2.45, 2.75) is 52.6 Å². The van der Waals surface area contributed by atoms with Crippen LogP contribution in [0.2, 0.25) is 0 Å². The molecule has 0 aliphatic heterocycles. The Hall–Kier alpha value is -4.37. The second-order valence-corrected chi connectivity index (χ2v) is 10.8. The van der Waals surface area contributed by atoms with Gasteiger partial charge < -0.3 is 15.7 Å². The Bertz CT molecular complexity index is 1510. The number of amides is 2. The van der Waals surface area contributed by atoms with E-state index in [9.17, 15) is 29.6 Å². The molecule has 4 unspecified atom stereocenters. The fraction of sp³-hybridized carbons (Fsp3) is 0.323. The monoisotopic (exact) mass is 543 g/mol. The zero-order valence-electron chi connectivity index (χ0n) is 23.1. The molecule has 0 saturated heterocycles. The first-order chi connectivity index (χ1) is 18.8. The molecule has 0 radical (unpaired) electrons. The molecule has 3 N–H and O–H groups in total. The number of anilines is 2. The molecule has 4 atom stereocenters. The van der Waals surface area contributed by atoms with Crippen LogP contribution in [-0.4, -0.2) is 33.2 Å². The third kappa shape index (κ3) is 5.37. The molecule has 1 saturated carbocycles. The molecule has 0 heterocycles. The molecule has 9 heteroatoms. The molecule has 3 aromatic carbocycles. The summed E-state index contributed by atoms with van der Waals surface area (Å²) in [6.45, 7) is 8.81. The van der Waals surface area contributed by atoms with Gasteiger partial charge in [0, 0.05) is 35.3 Å². The van der Waals surface area contributed by atoms with E-state index in [1.54, 1.807) is 30.3 Å². The number of aryl methyl sites for hydroxylation is 2. The van der Waals surface area contributed by atoms with Crippen molar-refractivity contribution >= 4 is 34.7 Å². The molecule has 2 amide bonds. The van der Waals surface area contributed by atoms with E-state index in [1.165, 1.54) is 25.1 Å². The summed E-state index contributed by atoms with van der Waals surface area (Å²) in [5.41, 5.74) is 2.29. The van der Waals surface area contributed by atoms with Crippen LogP contribution in [0.4, 0.5) is 17.1 Å². The van der Waals surface area contributed by atoms with E-state index in [0.29, 0.717) is 11.4 Å². The topological polar surface area (TPSA) is 139 Å². The predicted octanol–water partition coefficient (Wildman–Crippen LogP) is 5.15. The fourth-order valence-electron chi connectivity index (χ4n) is 5.60. The van der Waals surface area contributed by atoms with Crippen molar-refractivity contribution in [3.63, 3.8) is 0 Å². The first kappa shape index (κ1) is 28.6. The highest BCUT2D eigenvalue weighted by Gasteiger charge is 2.57. The number of carbonyl (C=O) groups excluding carboxylic acids is 3. The fourth-order valence-corrected chi connectivity index (χ4v) is 5.60. The van der Waals surface area contributed by atoms with Crippen molar-refractivity contribution in [1.82, 2.24) is 0 Å². The van der Waals surface area contributed by atoms with Gasteiger partial charge in [0.2, 0.25) is 11.8 Å². The summed E-state index contributed by atoms with van der Waals surface area (Å²) >= 11 is 0. The van der Waals surface area contributed by atoms with Crippen molar-refractivity contribution < 1.29 is 24.4 Å². The van der Waals surface area contributed by atoms with Gasteiger partial charge in [-0.15, -0.1) is 0 Å². The van der Waals surface area contributed by atoms with Crippen molar-refractivity contribution in [1.29, 1.82) is 0 Å². The van der Waals surface area contributed by atoms with Crippen LogP contribution in [0, 0.1) is 49.6 Å². The van der Waals surface area contributed by atoms with Crippen LogP contribution in [0.25, 0.3) is 0 Å². The SMILES string of the molecule is Cc1cccc(NC(=O)C2C(=O)CC(C)(O)C(C(=O)Nc3cccc(C)c3C)C2c2ccccc2[N+](=O)[O-])c1C. The van der Waals surface area contributed by atoms with Crippen LogP contribution >= 0.6 is 0 Å². The van der Waals surface area contributed by atoms with Gasteiger partial charge >= 0.3 is 0 Å².